The molecule has 0 aliphatic heterocycles. The van der Waals surface area contributed by atoms with E-state index in [1.54, 1.807) is 18.2 Å². The van der Waals surface area contributed by atoms with E-state index in [0.29, 0.717) is 15.6 Å². The van der Waals surface area contributed by atoms with Gasteiger partial charge in [0.15, 0.2) is 0 Å². The molecule has 0 heterocycles. The molecule has 0 aromatic heterocycles. The number of rotatable bonds is 5. The van der Waals surface area contributed by atoms with Crippen molar-refractivity contribution in [1.82, 2.24) is 10.6 Å². The van der Waals surface area contributed by atoms with Gasteiger partial charge in [0.2, 0.25) is 5.91 Å². The summed E-state index contributed by atoms with van der Waals surface area (Å²) in [5, 5.41) is 5.20. The molecule has 0 saturated carbocycles. The molecule has 2 aromatic rings. The minimum Gasteiger partial charge on any atom is -0.350 e. The predicted molar refractivity (Wildman–Crippen MR) is 97.4 cm³/mol. The summed E-state index contributed by atoms with van der Waals surface area (Å²) in [6.07, 6.45) is 0. The Kier molecular flexibility index (Phi) is 6.52. The Morgan fingerprint density at radius 1 is 1.13 bits per heavy atom. The monoisotopic (exact) mass is 490 g/mol. The third-order valence-corrected chi connectivity index (χ3v) is 4.73. The highest BCUT2D eigenvalue weighted by Crippen LogP contribution is 2.17. The van der Waals surface area contributed by atoms with Crippen molar-refractivity contribution >= 4 is 50.3 Å². The molecule has 2 N–H and O–H groups in total. The van der Waals surface area contributed by atoms with Gasteiger partial charge in [0.1, 0.15) is 5.82 Å². The fraction of sp³-hybridized carbons (Fsp3) is 0.125. The average Bonchev–Trinajstić information content (AvgIpc) is 2.54. The molecule has 4 nitrogen and oxygen atoms in total. The summed E-state index contributed by atoms with van der Waals surface area (Å²) in [7, 11) is 0. The number of benzene rings is 2. The Hall–Kier alpha value is -1.48. The second kappa shape index (κ2) is 8.39. The van der Waals surface area contributed by atoms with Crippen molar-refractivity contribution in [2.24, 2.45) is 0 Å². The Bertz CT molecular complexity index is 740. The number of halogens is 3. The summed E-state index contributed by atoms with van der Waals surface area (Å²) >= 11 is 5.35. The zero-order chi connectivity index (χ0) is 16.8. The molecule has 0 aliphatic rings. The maximum atomic E-state index is 13.2. The number of amides is 2. The normalized spacial score (nSPS) is 10.2. The molecule has 0 saturated heterocycles. The van der Waals surface area contributed by atoms with Crippen LogP contribution in [0.25, 0.3) is 0 Å². The van der Waals surface area contributed by atoms with E-state index in [0.717, 1.165) is 3.57 Å². The lowest BCUT2D eigenvalue weighted by atomic mass is 10.2. The van der Waals surface area contributed by atoms with Crippen LogP contribution >= 0.6 is 38.5 Å². The average molecular weight is 491 g/mol. The van der Waals surface area contributed by atoms with Crippen LogP contribution in [0.3, 0.4) is 0 Å². The standard InChI is InChI=1S/C16H13BrFIN2O2/c17-13-6-5-11(18)7-10(13)8-20-15(22)9-21-16(23)12-3-1-2-4-14(12)19/h1-7H,8-9H2,(H,20,22)(H,21,23). The minimum absolute atomic E-state index is 0.142. The van der Waals surface area contributed by atoms with Crippen LogP contribution in [-0.2, 0) is 11.3 Å². The molecule has 2 rings (SSSR count). The third-order valence-electron chi connectivity index (χ3n) is 3.01. The largest absolute Gasteiger partial charge is 0.350 e. The van der Waals surface area contributed by atoms with Gasteiger partial charge in [-0.15, -0.1) is 0 Å². The summed E-state index contributed by atoms with van der Waals surface area (Å²) in [6, 6.07) is 11.4. The molecule has 0 atom stereocenters. The van der Waals surface area contributed by atoms with E-state index in [1.165, 1.54) is 12.1 Å². The van der Waals surface area contributed by atoms with E-state index >= 15 is 0 Å². The lowest BCUT2D eigenvalue weighted by Gasteiger charge is -2.09. The highest BCUT2D eigenvalue weighted by atomic mass is 127. The summed E-state index contributed by atoms with van der Waals surface area (Å²) in [6.45, 7) is 0.0344. The van der Waals surface area contributed by atoms with Crippen LogP contribution in [0.5, 0.6) is 0 Å². The van der Waals surface area contributed by atoms with Crippen molar-refractivity contribution in [1.29, 1.82) is 0 Å². The van der Waals surface area contributed by atoms with Crippen molar-refractivity contribution in [3.05, 3.63) is 67.5 Å². The lowest BCUT2D eigenvalue weighted by molar-refractivity contribution is -0.120. The van der Waals surface area contributed by atoms with Crippen molar-refractivity contribution < 1.29 is 14.0 Å². The van der Waals surface area contributed by atoms with Crippen LogP contribution in [0.15, 0.2) is 46.9 Å². The molecule has 0 aliphatic carbocycles. The Morgan fingerprint density at radius 3 is 2.61 bits per heavy atom. The van der Waals surface area contributed by atoms with Gasteiger partial charge in [0, 0.05) is 14.6 Å². The molecule has 0 spiro atoms. The minimum atomic E-state index is -0.371. The van der Waals surface area contributed by atoms with E-state index < -0.39 is 0 Å². The summed E-state index contributed by atoms with van der Waals surface area (Å²) < 4.78 is 14.7. The van der Waals surface area contributed by atoms with Crippen LogP contribution in [0, 0.1) is 9.39 Å². The summed E-state index contributed by atoms with van der Waals surface area (Å²) in [4.78, 5) is 23.8. The first-order valence-corrected chi connectivity index (χ1v) is 8.58. The Morgan fingerprint density at radius 2 is 1.87 bits per heavy atom. The first-order chi connectivity index (χ1) is 11.0. The highest BCUT2D eigenvalue weighted by molar-refractivity contribution is 14.1. The van der Waals surface area contributed by atoms with Gasteiger partial charge in [-0.1, -0.05) is 28.1 Å². The molecule has 0 radical (unpaired) electrons. The zero-order valence-electron chi connectivity index (χ0n) is 11.9. The van der Waals surface area contributed by atoms with Gasteiger partial charge < -0.3 is 10.6 Å². The predicted octanol–water partition coefficient (Wildman–Crippen LogP) is 3.24. The number of nitrogens with one attached hydrogen (secondary N) is 2. The van der Waals surface area contributed by atoms with E-state index in [-0.39, 0.29) is 30.7 Å². The van der Waals surface area contributed by atoms with Crippen molar-refractivity contribution in [3.8, 4) is 0 Å². The quantitative estimate of drug-likeness (QED) is 0.632. The maximum Gasteiger partial charge on any atom is 0.252 e. The zero-order valence-corrected chi connectivity index (χ0v) is 15.6. The van der Waals surface area contributed by atoms with Gasteiger partial charge in [0.25, 0.3) is 5.91 Å². The first-order valence-electron chi connectivity index (χ1n) is 6.70. The maximum absolute atomic E-state index is 13.2. The van der Waals surface area contributed by atoms with Crippen molar-refractivity contribution in [3.63, 3.8) is 0 Å². The fourth-order valence-corrected chi connectivity index (χ4v) is 2.86. The van der Waals surface area contributed by atoms with Crippen LogP contribution in [0.1, 0.15) is 15.9 Å². The fourth-order valence-electron chi connectivity index (χ4n) is 1.84. The Balaban J connectivity index is 1.85. The summed E-state index contributed by atoms with van der Waals surface area (Å²) in [5.74, 6) is -1.03. The molecular weight excluding hydrogens is 478 g/mol. The molecule has 23 heavy (non-hydrogen) atoms. The lowest BCUT2D eigenvalue weighted by Crippen LogP contribution is -2.36. The highest BCUT2D eigenvalue weighted by Gasteiger charge is 2.11. The second-order valence-corrected chi connectivity index (χ2v) is 6.69. The molecule has 120 valence electrons. The molecular formula is C16H13BrFIN2O2. The van der Waals surface area contributed by atoms with E-state index in [9.17, 15) is 14.0 Å². The SMILES string of the molecule is O=C(CNC(=O)c1ccccc1I)NCc1cc(F)ccc1Br. The van der Waals surface area contributed by atoms with Crippen LogP contribution in [0.2, 0.25) is 0 Å². The molecule has 0 unspecified atom stereocenters. The van der Waals surface area contributed by atoms with Crippen molar-refractivity contribution in [2.75, 3.05) is 6.54 Å². The second-order valence-electron chi connectivity index (χ2n) is 4.67. The number of hydrogen-bond acceptors (Lipinski definition) is 2. The first kappa shape index (κ1) is 17.9. The molecule has 0 bridgehead atoms. The van der Waals surface area contributed by atoms with Gasteiger partial charge in [-0.05, 0) is 58.5 Å². The van der Waals surface area contributed by atoms with Gasteiger partial charge in [0.05, 0.1) is 12.1 Å². The molecule has 0 fully saturated rings. The molecule has 2 amide bonds. The van der Waals surface area contributed by atoms with Crippen LogP contribution in [0.4, 0.5) is 4.39 Å². The number of hydrogen-bond donors (Lipinski definition) is 2. The van der Waals surface area contributed by atoms with Gasteiger partial charge in [-0.3, -0.25) is 9.59 Å². The van der Waals surface area contributed by atoms with Gasteiger partial charge in [-0.25, -0.2) is 4.39 Å². The third kappa shape index (κ3) is 5.28. The number of carbonyl (C=O) groups is 2. The van der Waals surface area contributed by atoms with E-state index in [2.05, 4.69) is 49.2 Å². The van der Waals surface area contributed by atoms with Crippen LogP contribution in [-0.4, -0.2) is 18.4 Å². The Labute approximate surface area is 155 Å². The van der Waals surface area contributed by atoms with Gasteiger partial charge >= 0.3 is 0 Å². The topological polar surface area (TPSA) is 58.2 Å². The summed E-state index contributed by atoms with van der Waals surface area (Å²) in [5.41, 5.74) is 1.15. The number of carbonyl (C=O) groups excluding carboxylic acids is 2. The van der Waals surface area contributed by atoms with Gasteiger partial charge in [-0.2, -0.15) is 0 Å². The van der Waals surface area contributed by atoms with Crippen molar-refractivity contribution in [2.45, 2.75) is 6.54 Å². The van der Waals surface area contributed by atoms with E-state index in [4.69, 9.17) is 0 Å². The van der Waals surface area contributed by atoms with Crippen LogP contribution < -0.4 is 10.6 Å². The molecule has 7 heteroatoms. The molecule has 2 aromatic carbocycles. The smallest absolute Gasteiger partial charge is 0.252 e. The van der Waals surface area contributed by atoms with E-state index in [1.807, 2.05) is 12.1 Å².